The molecule has 3 N–H and O–H groups in total. The van der Waals surface area contributed by atoms with E-state index in [9.17, 15) is 18.8 Å². The molecule has 2 aromatic carbocycles. The maximum Gasteiger partial charge on any atom is 0.251 e. The van der Waals surface area contributed by atoms with E-state index in [1.165, 1.54) is 6.07 Å². The van der Waals surface area contributed by atoms with Gasteiger partial charge in [0.05, 0.1) is 12.5 Å². The van der Waals surface area contributed by atoms with Crippen LogP contribution < -0.4 is 20.7 Å². The normalized spacial score (nSPS) is 18.2. The van der Waals surface area contributed by atoms with Gasteiger partial charge in [-0.15, -0.1) is 0 Å². The van der Waals surface area contributed by atoms with Gasteiger partial charge in [-0.05, 0) is 46.4 Å². The van der Waals surface area contributed by atoms with E-state index in [-0.39, 0.29) is 30.2 Å². The van der Waals surface area contributed by atoms with Crippen LogP contribution in [0.5, 0.6) is 5.75 Å². The van der Waals surface area contributed by atoms with Crippen molar-refractivity contribution in [3.05, 3.63) is 58.9 Å². The molecule has 7 nitrogen and oxygen atoms in total. The Labute approximate surface area is 192 Å². The molecule has 2 aliphatic rings. The van der Waals surface area contributed by atoms with E-state index >= 15 is 0 Å². The number of ether oxygens (including phenoxy) is 1. The quantitative estimate of drug-likeness (QED) is 0.649. The SMILES string of the molecule is CC(C)(C)c1ccc(NC(=O)[C@H](NC(=O)C2CNC(=O)C2)c2ccc3c(c2)CCO3)cc1F. The van der Waals surface area contributed by atoms with Crippen molar-refractivity contribution in [2.45, 2.75) is 45.1 Å². The number of benzene rings is 2. The van der Waals surface area contributed by atoms with Crippen molar-refractivity contribution in [1.82, 2.24) is 10.6 Å². The standard InChI is InChI=1S/C25H28FN3O4/c1-25(2,3)18-6-5-17(12-19(18)26)28-24(32)22(29-23(31)16-11-21(30)27-13-16)15-4-7-20-14(10-15)8-9-33-20/h4-7,10,12,16,22H,8-9,11,13H2,1-3H3,(H,27,30)(H,28,32)(H,29,31)/t16?,22-/m1/s1. The maximum atomic E-state index is 14.6. The predicted molar refractivity (Wildman–Crippen MR) is 121 cm³/mol. The average Bonchev–Trinajstić information content (AvgIpc) is 3.39. The lowest BCUT2D eigenvalue weighted by molar-refractivity contribution is -0.129. The van der Waals surface area contributed by atoms with Crippen molar-refractivity contribution in [2.75, 3.05) is 18.5 Å². The molecule has 0 spiro atoms. The molecule has 2 aromatic rings. The number of carbonyl (C=O) groups excluding carboxylic acids is 3. The van der Waals surface area contributed by atoms with Crippen LogP contribution in [0.15, 0.2) is 36.4 Å². The van der Waals surface area contributed by atoms with Crippen LogP contribution in [0.1, 0.15) is 49.9 Å². The Morgan fingerprint density at radius 1 is 1.18 bits per heavy atom. The van der Waals surface area contributed by atoms with Gasteiger partial charge in [0.2, 0.25) is 11.8 Å². The van der Waals surface area contributed by atoms with Gasteiger partial charge in [0, 0.05) is 25.1 Å². The largest absolute Gasteiger partial charge is 0.493 e. The summed E-state index contributed by atoms with van der Waals surface area (Å²) in [5.74, 6) is -1.28. The molecule has 33 heavy (non-hydrogen) atoms. The second-order valence-corrected chi connectivity index (χ2v) is 9.55. The Hall–Kier alpha value is -3.42. The van der Waals surface area contributed by atoms with Gasteiger partial charge >= 0.3 is 0 Å². The topological polar surface area (TPSA) is 96.5 Å². The summed E-state index contributed by atoms with van der Waals surface area (Å²) in [6.45, 7) is 6.54. The highest BCUT2D eigenvalue weighted by atomic mass is 19.1. The highest BCUT2D eigenvalue weighted by Gasteiger charge is 2.32. The fraction of sp³-hybridized carbons (Fsp3) is 0.400. The number of hydrogen-bond donors (Lipinski definition) is 3. The van der Waals surface area contributed by atoms with Gasteiger partial charge in [0.25, 0.3) is 5.91 Å². The number of hydrogen-bond acceptors (Lipinski definition) is 4. The summed E-state index contributed by atoms with van der Waals surface area (Å²) in [4.78, 5) is 37.6. The van der Waals surface area contributed by atoms with Crippen LogP contribution in [0.4, 0.5) is 10.1 Å². The van der Waals surface area contributed by atoms with Crippen LogP contribution in [0, 0.1) is 11.7 Å². The average molecular weight is 454 g/mol. The van der Waals surface area contributed by atoms with Gasteiger partial charge in [-0.2, -0.15) is 0 Å². The highest BCUT2D eigenvalue weighted by Crippen LogP contribution is 2.30. The number of rotatable bonds is 5. The second kappa shape index (κ2) is 8.84. The smallest absolute Gasteiger partial charge is 0.251 e. The first-order valence-corrected chi connectivity index (χ1v) is 11.1. The summed E-state index contributed by atoms with van der Waals surface area (Å²) in [5, 5.41) is 8.14. The van der Waals surface area contributed by atoms with Crippen LogP contribution in [-0.4, -0.2) is 30.9 Å². The molecule has 1 saturated heterocycles. The molecule has 8 heteroatoms. The van der Waals surface area contributed by atoms with E-state index in [1.807, 2.05) is 26.8 Å². The Morgan fingerprint density at radius 3 is 2.64 bits per heavy atom. The number of halogens is 1. The van der Waals surface area contributed by atoms with E-state index < -0.39 is 23.7 Å². The minimum Gasteiger partial charge on any atom is -0.493 e. The Kier molecular flexibility index (Phi) is 6.10. The molecule has 2 heterocycles. The number of nitrogens with one attached hydrogen (secondary N) is 3. The first kappa shape index (κ1) is 22.8. The molecule has 4 rings (SSSR count). The first-order valence-electron chi connectivity index (χ1n) is 11.1. The molecule has 0 radical (unpaired) electrons. The van der Waals surface area contributed by atoms with Crippen molar-refractivity contribution in [3.63, 3.8) is 0 Å². The lowest BCUT2D eigenvalue weighted by Crippen LogP contribution is -2.40. The minimum absolute atomic E-state index is 0.0810. The maximum absolute atomic E-state index is 14.6. The van der Waals surface area contributed by atoms with Crippen molar-refractivity contribution >= 4 is 23.4 Å². The number of amides is 3. The van der Waals surface area contributed by atoms with Gasteiger partial charge in [-0.25, -0.2) is 4.39 Å². The molecule has 1 unspecified atom stereocenters. The lowest BCUT2D eigenvalue weighted by Gasteiger charge is -2.22. The predicted octanol–water partition coefficient (Wildman–Crippen LogP) is 2.99. The van der Waals surface area contributed by atoms with Crippen LogP contribution in [-0.2, 0) is 26.2 Å². The molecule has 0 aliphatic carbocycles. The molecule has 3 amide bonds. The number of carbonyl (C=O) groups is 3. The van der Waals surface area contributed by atoms with Crippen molar-refractivity contribution in [2.24, 2.45) is 5.92 Å². The highest BCUT2D eigenvalue weighted by molar-refractivity contribution is 5.99. The summed E-state index contributed by atoms with van der Waals surface area (Å²) in [5.41, 5.74) is 2.02. The zero-order chi connectivity index (χ0) is 23.8. The van der Waals surface area contributed by atoms with Gasteiger partial charge in [0.1, 0.15) is 17.6 Å². The van der Waals surface area contributed by atoms with Gasteiger partial charge in [0.15, 0.2) is 0 Å². The fourth-order valence-corrected chi connectivity index (χ4v) is 4.15. The van der Waals surface area contributed by atoms with Gasteiger partial charge in [-0.1, -0.05) is 32.9 Å². The summed E-state index contributed by atoms with van der Waals surface area (Å²) in [6.07, 6.45) is 0.795. The monoisotopic (exact) mass is 453 g/mol. The summed E-state index contributed by atoms with van der Waals surface area (Å²) < 4.78 is 20.2. The van der Waals surface area contributed by atoms with Crippen LogP contribution in [0.25, 0.3) is 0 Å². The molecular weight excluding hydrogens is 425 g/mol. The Balaban J connectivity index is 1.58. The molecule has 1 fully saturated rings. The third-order valence-corrected chi connectivity index (χ3v) is 5.99. The van der Waals surface area contributed by atoms with E-state index in [0.29, 0.717) is 29.8 Å². The van der Waals surface area contributed by atoms with Crippen LogP contribution in [0.2, 0.25) is 0 Å². The molecule has 0 bridgehead atoms. The zero-order valence-corrected chi connectivity index (χ0v) is 19.0. The molecule has 0 aromatic heterocycles. The third kappa shape index (κ3) is 4.99. The second-order valence-electron chi connectivity index (χ2n) is 9.55. The van der Waals surface area contributed by atoms with Crippen LogP contribution in [0.3, 0.4) is 0 Å². The zero-order valence-electron chi connectivity index (χ0n) is 19.0. The van der Waals surface area contributed by atoms with Gasteiger partial charge < -0.3 is 20.7 Å². The molecular formula is C25H28FN3O4. The first-order chi connectivity index (χ1) is 15.6. The van der Waals surface area contributed by atoms with E-state index in [1.54, 1.807) is 24.3 Å². The van der Waals surface area contributed by atoms with Gasteiger partial charge in [-0.3, -0.25) is 14.4 Å². The van der Waals surface area contributed by atoms with E-state index in [0.717, 1.165) is 11.3 Å². The third-order valence-electron chi connectivity index (χ3n) is 5.99. The van der Waals surface area contributed by atoms with Crippen molar-refractivity contribution < 1.29 is 23.5 Å². The molecule has 2 aliphatic heterocycles. The van der Waals surface area contributed by atoms with Crippen LogP contribution >= 0.6 is 0 Å². The summed E-state index contributed by atoms with van der Waals surface area (Å²) in [7, 11) is 0. The Bertz CT molecular complexity index is 1110. The molecule has 2 atom stereocenters. The van der Waals surface area contributed by atoms with Crippen molar-refractivity contribution in [1.29, 1.82) is 0 Å². The fourth-order valence-electron chi connectivity index (χ4n) is 4.15. The lowest BCUT2D eigenvalue weighted by atomic mass is 9.86. The van der Waals surface area contributed by atoms with Crippen molar-refractivity contribution in [3.8, 4) is 5.75 Å². The van der Waals surface area contributed by atoms with E-state index in [2.05, 4.69) is 16.0 Å². The number of fused-ring (bicyclic) bond motifs is 1. The summed E-state index contributed by atoms with van der Waals surface area (Å²) >= 11 is 0. The molecule has 174 valence electrons. The number of anilines is 1. The Morgan fingerprint density at radius 2 is 1.97 bits per heavy atom. The minimum atomic E-state index is -1.01. The summed E-state index contributed by atoms with van der Waals surface area (Å²) in [6, 6.07) is 8.93. The van der Waals surface area contributed by atoms with E-state index in [4.69, 9.17) is 4.74 Å². The molecule has 0 saturated carbocycles.